The van der Waals surface area contributed by atoms with Crippen molar-refractivity contribution in [1.29, 1.82) is 0 Å². The maximum Gasteiger partial charge on any atom is 0.508 e. The lowest BCUT2D eigenvalue weighted by atomic mass is 9.86. The van der Waals surface area contributed by atoms with E-state index in [4.69, 9.17) is 14.8 Å². The number of ether oxygens (including phenoxy) is 1. The van der Waals surface area contributed by atoms with Crippen LogP contribution < -0.4 is 10.3 Å². The SMILES string of the molecule is CN(C)CCOc1ccc(B(O)O)nc1. The van der Waals surface area contributed by atoms with Gasteiger partial charge in [-0.25, -0.2) is 0 Å². The van der Waals surface area contributed by atoms with Crippen molar-refractivity contribution in [2.45, 2.75) is 0 Å². The van der Waals surface area contributed by atoms with E-state index in [1.165, 1.54) is 12.3 Å². The molecule has 1 aromatic rings. The number of likely N-dealkylation sites (N-methyl/N-ethyl adjacent to an activating group) is 1. The van der Waals surface area contributed by atoms with Gasteiger partial charge < -0.3 is 19.7 Å². The van der Waals surface area contributed by atoms with E-state index in [2.05, 4.69) is 4.98 Å². The molecule has 0 aliphatic carbocycles. The summed E-state index contributed by atoms with van der Waals surface area (Å²) >= 11 is 0. The lowest BCUT2D eigenvalue weighted by Crippen LogP contribution is -2.32. The quantitative estimate of drug-likeness (QED) is 0.591. The molecule has 0 amide bonds. The van der Waals surface area contributed by atoms with E-state index in [1.54, 1.807) is 6.07 Å². The van der Waals surface area contributed by atoms with Crippen LogP contribution in [-0.2, 0) is 0 Å². The Hall–Kier alpha value is -1.11. The van der Waals surface area contributed by atoms with E-state index < -0.39 is 7.12 Å². The van der Waals surface area contributed by atoms with Crippen LogP contribution in [0.3, 0.4) is 0 Å². The lowest BCUT2D eigenvalue weighted by molar-refractivity contribution is 0.260. The van der Waals surface area contributed by atoms with Crippen LogP contribution in [-0.4, -0.2) is 54.3 Å². The maximum absolute atomic E-state index is 8.81. The first kappa shape index (κ1) is 12.0. The van der Waals surface area contributed by atoms with Crippen molar-refractivity contribution in [3.05, 3.63) is 18.3 Å². The molecule has 0 atom stereocenters. The molecule has 0 fully saturated rings. The van der Waals surface area contributed by atoms with Gasteiger partial charge in [0.15, 0.2) is 0 Å². The largest absolute Gasteiger partial charge is 0.508 e. The minimum atomic E-state index is -1.53. The average Bonchev–Trinajstić information content (AvgIpc) is 2.18. The maximum atomic E-state index is 8.81. The summed E-state index contributed by atoms with van der Waals surface area (Å²) < 4.78 is 5.38. The van der Waals surface area contributed by atoms with Gasteiger partial charge in [-0.2, -0.15) is 0 Å². The Labute approximate surface area is 89.5 Å². The van der Waals surface area contributed by atoms with Crippen molar-refractivity contribution in [2.24, 2.45) is 0 Å². The van der Waals surface area contributed by atoms with E-state index in [-0.39, 0.29) is 5.59 Å². The smallest absolute Gasteiger partial charge is 0.491 e. The van der Waals surface area contributed by atoms with E-state index in [0.29, 0.717) is 12.4 Å². The molecular formula is C9H15BN2O3. The standard InChI is InChI=1S/C9H15BN2O3/c1-12(2)5-6-15-8-3-4-9(10(13)14)11-7-8/h3-4,7,13-14H,5-6H2,1-2H3. The Morgan fingerprint density at radius 2 is 2.13 bits per heavy atom. The topological polar surface area (TPSA) is 65.8 Å². The minimum Gasteiger partial charge on any atom is -0.491 e. The fourth-order valence-corrected chi connectivity index (χ4v) is 0.976. The van der Waals surface area contributed by atoms with Crippen LogP contribution in [0.1, 0.15) is 0 Å². The first-order chi connectivity index (χ1) is 7.09. The summed E-state index contributed by atoms with van der Waals surface area (Å²) in [5.41, 5.74) is 0.218. The number of hydrogen-bond acceptors (Lipinski definition) is 5. The molecule has 0 aromatic carbocycles. The van der Waals surface area contributed by atoms with Gasteiger partial charge in [0, 0.05) is 6.54 Å². The number of pyridine rings is 1. The van der Waals surface area contributed by atoms with Crippen molar-refractivity contribution in [3.63, 3.8) is 0 Å². The van der Waals surface area contributed by atoms with Crippen LogP contribution in [0, 0.1) is 0 Å². The molecule has 1 rings (SSSR count). The van der Waals surface area contributed by atoms with Crippen LogP contribution in [0.5, 0.6) is 5.75 Å². The second-order valence-electron chi connectivity index (χ2n) is 3.44. The van der Waals surface area contributed by atoms with Gasteiger partial charge in [-0.05, 0) is 26.2 Å². The zero-order chi connectivity index (χ0) is 11.3. The predicted molar refractivity (Wildman–Crippen MR) is 58.1 cm³/mol. The molecular weight excluding hydrogens is 195 g/mol. The summed E-state index contributed by atoms with van der Waals surface area (Å²) in [6, 6.07) is 3.19. The van der Waals surface area contributed by atoms with E-state index >= 15 is 0 Å². The number of hydrogen-bond donors (Lipinski definition) is 2. The summed E-state index contributed by atoms with van der Waals surface area (Å²) in [5, 5.41) is 17.6. The van der Waals surface area contributed by atoms with E-state index in [1.807, 2.05) is 19.0 Å². The molecule has 1 heterocycles. The predicted octanol–water partition coefficient (Wildman–Crippen LogP) is -1.30. The van der Waals surface area contributed by atoms with Crippen LogP contribution in [0.4, 0.5) is 0 Å². The van der Waals surface area contributed by atoms with Gasteiger partial charge in [0.25, 0.3) is 0 Å². The van der Waals surface area contributed by atoms with Crippen molar-refractivity contribution < 1.29 is 14.8 Å². The second kappa shape index (κ2) is 5.70. The molecule has 0 aliphatic rings. The zero-order valence-electron chi connectivity index (χ0n) is 8.92. The van der Waals surface area contributed by atoms with Gasteiger partial charge in [-0.1, -0.05) is 0 Å². The Kier molecular flexibility index (Phi) is 4.55. The molecule has 1 aromatic heterocycles. The molecule has 0 aliphatic heterocycles. The van der Waals surface area contributed by atoms with Crippen LogP contribution >= 0.6 is 0 Å². The highest BCUT2D eigenvalue weighted by atomic mass is 16.5. The van der Waals surface area contributed by atoms with Crippen molar-refractivity contribution in [3.8, 4) is 5.75 Å². The van der Waals surface area contributed by atoms with Crippen LogP contribution in [0.25, 0.3) is 0 Å². The summed E-state index contributed by atoms with van der Waals surface area (Å²) in [4.78, 5) is 5.85. The van der Waals surface area contributed by atoms with Crippen molar-refractivity contribution in [2.75, 3.05) is 27.2 Å². The average molecular weight is 210 g/mol. The second-order valence-corrected chi connectivity index (χ2v) is 3.44. The molecule has 0 saturated carbocycles. The van der Waals surface area contributed by atoms with Crippen LogP contribution in [0.15, 0.2) is 18.3 Å². The third-order valence-corrected chi connectivity index (χ3v) is 1.83. The fraction of sp³-hybridized carbons (Fsp3) is 0.444. The number of rotatable bonds is 5. The van der Waals surface area contributed by atoms with Gasteiger partial charge in [-0.15, -0.1) is 0 Å². The van der Waals surface area contributed by atoms with Crippen molar-refractivity contribution >= 4 is 12.7 Å². The Morgan fingerprint density at radius 3 is 2.60 bits per heavy atom. The van der Waals surface area contributed by atoms with Gasteiger partial charge in [0.05, 0.1) is 11.8 Å². The number of aromatic nitrogens is 1. The summed E-state index contributed by atoms with van der Waals surface area (Å²) in [5.74, 6) is 0.626. The molecule has 0 radical (unpaired) electrons. The lowest BCUT2D eigenvalue weighted by Gasteiger charge is -2.10. The van der Waals surface area contributed by atoms with Gasteiger partial charge in [0.1, 0.15) is 12.4 Å². The van der Waals surface area contributed by atoms with Crippen LogP contribution in [0.2, 0.25) is 0 Å². The summed E-state index contributed by atoms with van der Waals surface area (Å²) in [6.07, 6.45) is 1.48. The molecule has 0 saturated heterocycles. The van der Waals surface area contributed by atoms with Gasteiger partial charge in [0.2, 0.25) is 0 Å². The molecule has 2 N–H and O–H groups in total. The Balaban J connectivity index is 2.43. The third-order valence-electron chi connectivity index (χ3n) is 1.83. The highest BCUT2D eigenvalue weighted by Gasteiger charge is 2.11. The highest BCUT2D eigenvalue weighted by molar-refractivity contribution is 6.57. The van der Waals surface area contributed by atoms with Gasteiger partial charge >= 0.3 is 7.12 Å². The summed E-state index contributed by atoms with van der Waals surface area (Å²) in [7, 11) is 2.40. The molecule has 0 bridgehead atoms. The molecule has 0 unspecified atom stereocenters. The molecule has 0 spiro atoms. The molecule has 5 nitrogen and oxygen atoms in total. The molecule has 15 heavy (non-hydrogen) atoms. The Bertz CT molecular complexity index is 290. The first-order valence-corrected chi connectivity index (χ1v) is 4.69. The zero-order valence-corrected chi connectivity index (χ0v) is 8.92. The van der Waals surface area contributed by atoms with E-state index in [0.717, 1.165) is 6.54 Å². The monoisotopic (exact) mass is 210 g/mol. The van der Waals surface area contributed by atoms with Gasteiger partial charge in [-0.3, -0.25) is 4.98 Å². The number of nitrogens with zero attached hydrogens (tertiary/aromatic N) is 2. The first-order valence-electron chi connectivity index (χ1n) is 4.69. The molecule has 6 heteroatoms. The summed E-state index contributed by atoms with van der Waals surface area (Å²) in [6.45, 7) is 1.40. The normalized spacial score (nSPS) is 10.5. The Morgan fingerprint density at radius 1 is 1.40 bits per heavy atom. The minimum absolute atomic E-state index is 0.218. The van der Waals surface area contributed by atoms with E-state index in [9.17, 15) is 0 Å². The fourth-order valence-electron chi connectivity index (χ4n) is 0.976. The highest BCUT2D eigenvalue weighted by Crippen LogP contribution is 2.04. The van der Waals surface area contributed by atoms with Crippen molar-refractivity contribution in [1.82, 2.24) is 9.88 Å². The molecule has 82 valence electrons. The third kappa shape index (κ3) is 4.29.